The zero-order chi connectivity index (χ0) is 13.9. The molecule has 0 aromatic heterocycles. The van der Waals surface area contributed by atoms with Gasteiger partial charge < -0.3 is 0 Å². The number of hydrogen-bond donors (Lipinski definition) is 0. The molecule has 0 aliphatic heterocycles. The van der Waals surface area contributed by atoms with Crippen LogP contribution in [0.3, 0.4) is 0 Å². The van der Waals surface area contributed by atoms with E-state index in [1.54, 1.807) is 12.1 Å². The first-order chi connectivity index (χ1) is 8.21. The molecule has 1 aromatic rings. The van der Waals surface area contributed by atoms with Crippen LogP contribution in [0, 0.1) is 5.82 Å². The van der Waals surface area contributed by atoms with Gasteiger partial charge in [0.05, 0.1) is 4.75 Å². The molecule has 18 heavy (non-hydrogen) atoms. The largest absolute Gasteiger partial charge is 0.234 e. The van der Waals surface area contributed by atoms with Gasteiger partial charge in [0.1, 0.15) is 16.8 Å². The maximum Gasteiger partial charge on any atom is 0.144 e. The molecule has 0 saturated heterocycles. The van der Waals surface area contributed by atoms with Gasteiger partial charge in [0, 0.05) is 6.21 Å². The predicted octanol–water partition coefficient (Wildman–Crippen LogP) is 3.83. The van der Waals surface area contributed by atoms with Crippen molar-refractivity contribution < 1.29 is 8.60 Å². The number of rotatable bonds is 3. The molecule has 0 aliphatic carbocycles. The second kappa shape index (κ2) is 5.74. The Kier molecular flexibility index (Phi) is 4.79. The average Bonchev–Trinajstić information content (AvgIpc) is 2.24. The first-order valence-corrected chi connectivity index (χ1v) is 7.08. The van der Waals surface area contributed by atoms with Crippen LogP contribution in [0.2, 0.25) is 0 Å². The normalized spacial score (nSPS) is 14.4. The fourth-order valence-electron chi connectivity index (χ4n) is 1.36. The maximum absolute atomic E-state index is 13.7. The first-order valence-electron chi connectivity index (χ1n) is 5.97. The second-order valence-corrected chi connectivity index (χ2v) is 7.47. The van der Waals surface area contributed by atoms with Gasteiger partial charge >= 0.3 is 0 Å². The van der Waals surface area contributed by atoms with Crippen molar-refractivity contribution in [3.8, 4) is 0 Å². The van der Waals surface area contributed by atoms with Gasteiger partial charge in [-0.1, -0.05) is 26.0 Å². The summed E-state index contributed by atoms with van der Waals surface area (Å²) < 4.78 is 29.0. The quantitative estimate of drug-likeness (QED) is 0.767. The number of nitrogens with zero attached hydrogens (tertiary/aromatic N) is 1. The van der Waals surface area contributed by atoms with Gasteiger partial charge in [-0.05, 0) is 43.9 Å². The summed E-state index contributed by atoms with van der Waals surface area (Å²) in [5, 5.41) is 0. The summed E-state index contributed by atoms with van der Waals surface area (Å²) in [5.74, 6) is -0.0878. The van der Waals surface area contributed by atoms with E-state index in [1.165, 1.54) is 12.3 Å². The Labute approximate surface area is 111 Å². The fourth-order valence-corrected chi connectivity index (χ4v) is 1.89. The van der Waals surface area contributed by atoms with Crippen molar-refractivity contribution in [1.82, 2.24) is 0 Å². The average molecular weight is 269 g/mol. The number of hydrogen-bond acceptors (Lipinski definition) is 1. The Hall–Kier alpha value is -1.03. The van der Waals surface area contributed by atoms with Gasteiger partial charge in [-0.3, -0.25) is 0 Å². The van der Waals surface area contributed by atoms with E-state index in [2.05, 4.69) is 4.40 Å². The highest BCUT2D eigenvalue weighted by Crippen LogP contribution is 2.19. The van der Waals surface area contributed by atoms with Crippen molar-refractivity contribution in [3.05, 3.63) is 35.1 Å². The molecule has 4 heteroatoms. The van der Waals surface area contributed by atoms with Gasteiger partial charge in [0.25, 0.3) is 0 Å². The van der Waals surface area contributed by atoms with Crippen LogP contribution < -0.4 is 0 Å². The van der Waals surface area contributed by atoms with Crippen molar-refractivity contribution in [1.29, 1.82) is 0 Å². The maximum atomic E-state index is 13.7. The Morgan fingerprint density at radius 3 is 2.39 bits per heavy atom. The Bertz CT molecular complexity index is 475. The Morgan fingerprint density at radius 1 is 1.33 bits per heavy atom. The van der Waals surface area contributed by atoms with Crippen molar-refractivity contribution in [2.75, 3.05) is 0 Å². The van der Waals surface area contributed by atoms with E-state index >= 15 is 0 Å². The van der Waals surface area contributed by atoms with E-state index in [4.69, 9.17) is 0 Å². The van der Waals surface area contributed by atoms with Crippen molar-refractivity contribution in [2.24, 2.45) is 4.40 Å². The molecule has 0 fully saturated rings. The Morgan fingerprint density at radius 2 is 1.94 bits per heavy atom. The zero-order valence-electron chi connectivity index (χ0n) is 11.5. The molecule has 1 rings (SSSR count). The van der Waals surface area contributed by atoms with E-state index in [0.717, 1.165) is 0 Å². The lowest BCUT2D eigenvalue weighted by Gasteiger charge is -2.12. The summed E-state index contributed by atoms with van der Waals surface area (Å²) in [6, 6.07) is 4.97. The van der Waals surface area contributed by atoms with E-state index in [0.29, 0.717) is 11.1 Å². The van der Waals surface area contributed by atoms with Crippen LogP contribution in [0.4, 0.5) is 4.39 Å². The molecule has 2 nitrogen and oxygen atoms in total. The molecular weight excluding hydrogens is 249 g/mol. The molecule has 0 bridgehead atoms. The van der Waals surface area contributed by atoms with E-state index in [-0.39, 0.29) is 11.7 Å². The van der Waals surface area contributed by atoms with Crippen LogP contribution in [-0.4, -0.2) is 15.2 Å². The SMILES string of the molecule is CC(C)c1ccc(/C=N/S(=O)C(C)(C)C)cc1F. The van der Waals surface area contributed by atoms with Crippen LogP contribution in [0.1, 0.15) is 51.7 Å². The molecule has 0 radical (unpaired) electrons. The highest BCUT2D eigenvalue weighted by Gasteiger charge is 2.18. The van der Waals surface area contributed by atoms with Crippen LogP contribution in [0.15, 0.2) is 22.6 Å². The highest BCUT2D eigenvalue weighted by molar-refractivity contribution is 7.85. The summed E-state index contributed by atoms with van der Waals surface area (Å²) in [6.07, 6.45) is 1.47. The topological polar surface area (TPSA) is 29.4 Å². The van der Waals surface area contributed by atoms with Crippen molar-refractivity contribution in [2.45, 2.75) is 45.3 Å². The molecule has 100 valence electrons. The van der Waals surface area contributed by atoms with Gasteiger partial charge in [-0.25, -0.2) is 8.60 Å². The minimum atomic E-state index is -1.31. The summed E-state index contributed by atoms with van der Waals surface area (Å²) in [4.78, 5) is 0. The molecule has 0 heterocycles. The fraction of sp³-hybridized carbons (Fsp3) is 0.500. The third-order valence-electron chi connectivity index (χ3n) is 2.47. The monoisotopic (exact) mass is 269 g/mol. The van der Waals surface area contributed by atoms with Crippen LogP contribution in [0.25, 0.3) is 0 Å². The standard InChI is InChI=1S/C14H20FNOS/c1-10(2)12-7-6-11(8-13(12)15)9-16-18(17)14(3,4)5/h6-10H,1-5H3/b16-9+. The molecule has 0 aliphatic rings. The van der Waals surface area contributed by atoms with Gasteiger partial charge in [0.15, 0.2) is 0 Å². The third kappa shape index (κ3) is 4.02. The van der Waals surface area contributed by atoms with Crippen LogP contribution >= 0.6 is 0 Å². The highest BCUT2D eigenvalue weighted by atomic mass is 32.2. The number of benzene rings is 1. The first kappa shape index (κ1) is 15.0. The second-order valence-electron chi connectivity index (χ2n) is 5.53. The summed E-state index contributed by atoms with van der Waals surface area (Å²) in [5.41, 5.74) is 1.32. The molecule has 1 aromatic carbocycles. The molecular formula is C14H20FNOS. The molecule has 1 atom stereocenters. The van der Waals surface area contributed by atoms with Crippen LogP contribution in [0.5, 0.6) is 0 Å². The molecule has 1 unspecified atom stereocenters. The smallest absolute Gasteiger partial charge is 0.144 e. The van der Waals surface area contributed by atoms with Crippen molar-refractivity contribution in [3.63, 3.8) is 0 Å². The molecule has 0 N–H and O–H groups in total. The number of halogens is 1. The minimum Gasteiger partial charge on any atom is -0.234 e. The lowest BCUT2D eigenvalue weighted by Crippen LogP contribution is -2.19. The zero-order valence-corrected chi connectivity index (χ0v) is 12.3. The van der Waals surface area contributed by atoms with E-state index in [1.807, 2.05) is 34.6 Å². The third-order valence-corrected chi connectivity index (χ3v) is 3.81. The molecule has 0 saturated carbocycles. The van der Waals surface area contributed by atoms with E-state index < -0.39 is 15.7 Å². The Balaban J connectivity index is 2.91. The predicted molar refractivity (Wildman–Crippen MR) is 76.0 cm³/mol. The van der Waals surface area contributed by atoms with E-state index in [9.17, 15) is 8.60 Å². The molecule has 0 amide bonds. The minimum absolute atomic E-state index is 0.152. The lowest BCUT2D eigenvalue weighted by molar-refractivity contribution is 0.598. The van der Waals surface area contributed by atoms with Gasteiger partial charge in [-0.2, -0.15) is 4.40 Å². The lowest BCUT2D eigenvalue weighted by atomic mass is 10.0. The van der Waals surface area contributed by atoms with Crippen LogP contribution in [-0.2, 0) is 11.0 Å². The van der Waals surface area contributed by atoms with Gasteiger partial charge in [0.2, 0.25) is 0 Å². The summed E-state index contributed by atoms with van der Waals surface area (Å²) >= 11 is 0. The molecule has 0 spiro atoms. The summed E-state index contributed by atoms with van der Waals surface area (Å²) in [6.45, 7) is 9.44. The van der Waals surface area contributed by atoms with Gasteiger partial charge in [-0.15, -0.1) is 0 Å². The van der Waals surface area contributed by atoms with Crippen molar-refractivity contribution >= 4 is 17.2 Å². The summed E-state index contributed by atoms with van der Waals surface area (Å²) in [7, 11) is -1.31.